The van der Waals surface area contributed by atoms with Crippen molar-refractivity contribution in [3.63, 3.8) is 0 Å². The molecule has 2 rings (SSSR count). The maximum atomic E-state index is 10.5. The van der Waals surface area contributed by atoms with Crippen LogP contribution >= 0.6 is 0 Å². The van der Waals surface area contributed by atoms with Gasteiger partial charge < -0.3 is 10.8 Å². The third-order valence-corrected chi connectivity index (χ3v) is 3.21. The number of aliphatic hydroxyl groups is 1. The zero-order chi connectivity index (χ0) is 10.3. The van der Waals surface area contributed by atoms with Crippen molar-refractivity contribution >= 4 is 0 Å². The molecule has 0 amide bonds. The van der Waals surface area contributed by atoms with E-state index in [0.29, 0.717) is 13.0 Å². The van der Waals surface area contributed by atoms with Crippen molar-refractivity contribution in [3.05, 3.63) is 17.5 Å². The normalized spacial score (nSPS) is 30.7. The molecule has 0 radical (unpaired) electrons. The van der Waals surface area contributed by atoms with Crippen LogP contribution in [0.4, 0.5) is 0 Å². The second-order valence-corrected chi connectivity index (χ2v) is 4.23. The van der Waals surface area contributed by atoms with E-state index >= 15 is 0 Å². The zero-order valence-corrected chi connectivity index (χ0v) is 8.70. The number of hydrogen-bond donors (Lipinski definition) is 2. The van der Waals surface area contributed by atoms with Crippen LogP contribution in [0.5, 0.6) is 0 Å². The SMILES string of the molecule is CC1Cc2nn(C)cc2C1(O)CCN. The molecule has 1 aliphatic carbocycles. The van der Waals surface area contributed by atoms with Gasteiger partial charge in [-0.25, -0.2) is 0 Å². The lowest BCUT2D eigenvalue weighted by atomic mass is 9.86. The van der Waals surface area contributed by atoms with Crippen LogP contribution in [0.1, 0.15) is 24.6 Å². The lowest BCUT2D eigenvalue weighted by Gasteiger charge is -2.27. The monoisotopic (exact) mass is 195 g/mol. The summed E-state index contributed by atoms with van der Waals surface area (Å²) in [5, 5.41) is 14.8. The van der Waals surface area contributed by atoms with E-state index < -0.39 is 5.60 Å². The van der Waals surface area contributed by atoms with Crippen molar-refractivity contribution in [2.24, 2.45) is 18.7 Å². The molecule has 14 heavy (non-hydrogen) atoms. The van der Waals surface area contributed by atoms with E-state index in [0.717, 1.165) is 17.7 Å². The van der Waals surface area contributed by atoms with Gasteiger partial charge in [-0.15, -0.1) is 0 Å². The molecule has 0 spiro atoms. The molecule has 1 heterocycles. The molecule has 0 bridgehead atoms. The fraction of sp³-hybridized carbons (Fsp3) is 0.700. The molecule has 0 aliphatic heterocycles. The highest BCUT2D eigenvalue weighted by Gasteiger charge is 2.44. The topological polar surface area (TPSA) is 64.1 Å². The van der Waals surface area contributed by atoms with Crippen LogP contribution in [0.25, 0.3) is 0 Å². The second kappa shape index (κ2) is 3.07. The van der Waals surface area contributed by atoms with Gasteiger partial charge in [-0.1, -0.05) is 6.92 Å². The Morgan fingerprint density at radius 3 is 3.14 bits per heavy atom. The van der Waals surface area contributed by atoms with Gasteiger partial charge in [0.05, 0.1) is 11.3 Å². The first kappa shape index (κ1) is 9.68. The van der Waals surface area contributed by atoms with Crippen LogP contribution in [-0.2, 0) is 19.1 Å². The van der Waals surface area contributed by atoms with Crippen LogP contribution in [-0.4, -0.2) is 21.4 Å². The van der Waals surface area contributed by atoms with Crippen LogP contribution < -0.4 is 5.73 Å². The Hall–Kier alpha value is -0.870. The van der Waals surface area contributed by atoms with E-state index in [1.165, 1.54) is 0 Å². The van der Waals surface area contributed by atoms with Crippen LogP contribution in [0.15, 0.2) is 6.20 Å². The summed E-state index contributed by atoms with van der Waals surface area (Å²) in [6, 6.07) is 0. The fourth-order valence-electron chi connectivity index (χ4n) is 2.37. The van der Waals surface area contributed by atoms with Crippen LogP contribution in [0.2, 0.25) is 0 Å². The summed E-state index contributed by atoms with van der Waals surface area (Å²) in [7, 11) is 1.88. The maximum absolute atomic E-state index is 10.5. The number of nitrogens with zero attached hydrogens (tertiary/aromatic N) is 2. The minimum absolute atomic E-state index is 0.227. The third kappa shape index (κ3) is 1.18. The number of fused-ring (bicyclic) bond motifs is 1. The molecule has 78 valence electrons. The number of aryl methyl sites for hydroxylation is 1. The van der Waals surface area contributed by atoms with Crippen molar-refractivity contribution in [2.45, 2.75) is 25.4 Å². The van der Waals surface area contributed by atoms with E-state index in [4.69, 9.17) is 5.73 Å². The second-order valence-electron chi connectivity index (χ2n) is 4.23. The van der Waals surface area contributed by atoms with E-state index in [1.54, 1.807) is 4.68 Å². The predicted molar refractivity (Wildman–Crippen MR) is 53.6 cm³/mol. The van der Waals surface area contributed by atoms with Crippen molar-refractivity contribution in [3.8, 4) is 0 Å². The summed E-state index contributed by atoms with van der Waals surface area (Å²) >= 11 is 0. The fourth-order valence-corrected chi connectivity index (χ4v) is 2.37. The van der Waals surface area contributed by atoms with Crippen LogP contribution in [0.3, 0.4) is 0 Å². The smallest absolute Gasteiger partial charge is 0.0970 e. The molecule has 0 aromatic carbocycles. The summed E-state index contributed by atoms with van der Waals surface area (Å²) in [6.07, 6.45) is 3.38. The first-order valence-corrected chi connectivity index (χ1v) is 5.03. The number of hydrogen-bond acceptors (Lipinski definition) is 3. The Morgan fingerprint density at radius 1 is 1.79 bits per heavy atom. The molecule has 0 fully saturated rings. The standard InChI is InChI=1S/C10H17N3O/c1-7-5-9-8(6-13(2)12-9)10(7,14)3-4-11/h6-7,14H,3-5,11H2,1-2H3. The average Bonchev–Trinajstić information content (AvgIpc) is 2.55. The minimum atomic E-state index is -0.752. The Balaban J connectivity index is 2.41. The summed E-state index contributed by atoms with van der Waals surface area (Å²) in [4.78, 5) is 0. The predicted octanol–water partition coefficient (Wildman–Crippen LogP) is 0.149. The Labute approximate surface area is 83.7 Å². The molecule has 0 saturated carbocycles. The Morgan fingerprint density at radius 2 is 2.50 bits per heavy atom. The molecule has 3 N–H and O–H groups in total. The Bertz CT molecular complexity index is 347. The quantitative estimate of drug-likeness (QED) is 0.706. The molecule has 1 aromatic rings. The van der Waals surface area contributed by atoms with Gasteiger partial charge in [0.2, 0.25) is 0 Å². The van der Waals surface area contributed by atoms with Crippen molar-refractivity contribution in [1.29, 1.82) is 0 Å². The molecule has 2 unspecified atom stereocenters. The van der Waals surface area contributed by atoms with Gasteiger partial charge in [-0.2, -0.15) is 5.10 Å². The Kier molecular flexibility index (Phi) is 2.12. The molecule has 1 aliphatic rings. The largest absolute Gasteiger partial charge is 0.385 e. The average molecular weight is 195 g/mol. The van der Waals surface area contributed by atoms with Gasteiger partial charge in [0.1, 0.15) is 0 Å². The van der Waals surface area contributed by atoms with E-state index in [9.17, 15) is 5.11 Å². The van der Waals surface area contributed by atoms with Crippen molar-refractivity contribution in [1.82, 2.24) is 9.78 Å². The van der Waals surface area contributed by atoms with Gasteiger partial charge in [-0.05, 0) is 25.3 Å². The van der Waals surface area contributed by atoms with Gasteiger partial charge in [-0.3, -0.25) is 4.68 Å². The van der Waals surface area contributed by atoms with Gasteiger partial charge in [0.15, 0.2) is 0 Å². The van der Waals surface area contributed by atoms with E-state index in [2.05, 4.69) is 12.0 Å². The summed E-state index contributed by atoms with van der Waals surface area (Å²) < 4.78 is 1.76. The summed E-state index contributed by atoms with van der Waals surface area (Å²) in [5.74, 6) is 0.227. The lowest BCUT2D eigenvalue weighted by molar-refractivity contribution is -0.0106. The van der Waals surface area contributed by atoms with Crippen molar-refractivity contribution < 1.29 is 5.11 Å². The summed E-state index contributed by atoms with van der Waals surface area (Å²) in [6.45, 7) is 2.56. The van der Waals surface area contributed by atoms with E-state index in [-0.39, 0.29) is 5.92 Å². The maximum Gasteiger partial charge on any atom is 0.0970 e. The molecule has 4 nitrogen and oxygen atoms in total. The van der Waals surface area contributed by atoms with Gasteiger partial charge in [0, 0.05) is 18.8 Å². The third-order valence-electron chi connectivity index (χ3n) is 3.21. The zero-order valence-electron chi connectivity index (χ0n) is 8.70. The molecular formula is C10H17N3O. The minimum Gasteiger partial charge on any atom is -0.385 e. The highest BCUT2D eigenvalue weighted by Crippen LogP contribution is 2.42. The lowest BCUT2D eigenvalue weighted by Crippen LogP contribution is -2.32. The highest BCUT2D eigenvalue weighted by molar-refractivity contribution is 5.32. The van der Waals surface area contributed by atoms with Crippen molar-refractivity contribution in [2.75, 3.05) is 6.54 Å². The van der Waals surface area contributed by atoms with E-state index in [1.807, 2.05) is 13.2 Å². The first-order chi connectivity index (χ1) is 6.58. The number of rotatable bonds is 2. The molecule has 0 saturated heterocycles. The first-order valence-electron chi connectivity index (χ1n) is 5.03. The number of aromatic nitrogens is 2. The molecule has 1 aromatic heterocycles. The molecular weight excluding hydrogens is 178 g/mol. The van der Waals surface area contributed by atoms with Gasteiger partial charge >= 0.3 is 0 Å². The van der Waals surface area contributed by atoms with Gasteiger partial charge in [0.25, 0.3) is 0 Å². The molecule has 2 atom stereocenters. The molecule has 4 heteroatoms. The highest BCUT2D eigenvalue weighted by atomic mass is 16.3. The summed E-state index contributed by atoms with van der Waals surface area (Å²) in [5.41, 5.74) is 6.78. The number of nitrogens with two attached hydrogens (primary N) is 1. The van der Waals surface area contributed by atoms with Crippen LogP contribution in [0, 0.1) is 5.92 Å².